The molecule has 3 N–H and O–H groups in total. The van der Waals surface area contributed by atoms with E-state index in [1.165, 1.54) is 5.56 Å². The lowest BCUT2D eigenvalue weighted by Crippen LogP contribution is -2.50. The van der Waals surface area contributed by atoms with Gasteiger partial charge in [0.1, 0.15) is 0 Å². The van der Waals surface area contributed by atoms with Crippen LogP contribution in [0.1, 0.15) is 18.4 Å². The molecule has 1 aromatic rings. The first-order valence-corrected chi connectivity index (χ1v) is 5.76. The Bertz CT molecular complexity index is 320. The predicted octanol–water partition coefficient (Wildman–Crippen LogP) is 1.30. The second kappa shape index (κ2) is 4.95. The van der Waals surface area contributed by atoms with Crippen LogP contribution in [0.15, 0.2) is 30.3 Å². The summed E-state index contributed by atoms with van der Waals surface area (Å²) in [5.41, 5.74) is 6.04. The van der Waals surface area contributed by atoms with E-state index < -0.39 is 5.60 Å². The van der Waals surface area contributed by atoms with Gasteiger partial charge in [-0.2, -0.15) is 0 Å². The van der Waals surface area contributed by atoms with Crippen molar-refractivity contribution in [2.24, 2.45) is 11.7 Å². The highest BCUT2D eigenvalue weighted by atomic mass is 16.5. The third-order valence-corrected chi connectivity index (χ3v) is 3.18. The molecule has 3 nitrogen and oxygen atoms in total. The Kier molecular flexibility index (Phi) is 3.59. The van der Waals surface area contributed by atoms with Crippen molar-refractivity contribution >= 4 is 0 Å². The Hall–Kier alpha value is -0.900. The van der Waals surface area contributed by atoms with Crippen LogP contribution in [0.25, 0.3) is 0 Å². The summed E-state index contributed by atoms with van der Waals surface area (Å²) in [6.07, 6.45) is 1.55. The molecule has 1 aromatic carbocycles. The van der Waals surface area contributed by atoms with Gasteiger partial charge in [-0.15, -0.1) is 0 Å². The van der Waals surface area contributed by atoms with E-state index in [0.29, 0.717) is 19.1 Å². The smallest absolute Gasteiger partial charge is 0.0776 e. The fraction of sp³-hybridized carbons (Fsp3) is 0.538. The van der Waals surface area contributed by atoms with E-state index in [4.69, 9.17) is 10.5 Å². The van der Waals surface area contributed by atoms with Gasteiger partial charge >= 0.3 is 0 Å². The van der Waals surface area contributed by atoms with Gasteiger partial charge in [0.15, 0.2) is 0 Å². The van der Waals surface area contributed by atoms with Crippen LogP contribution in [0, 0.1) is 5.92 Å². The molecule has 1 aliphatic carbocycles. The van der Waals surface area contributed by atoms with Crippen molar-refractivity contribution in [1.82, 2.24) is 0 Å². The summed E-state index contributed by atoms with van der Waals surface area (Å²) in [6, 6.07) is 10.1. The van der Waals surface area contributed by atoms with Crippen molar-refractivity contribution in [2.45, 2.75) is 25.0 Å². The van der Waals surface area contributed by atoms with Crippen molar-refractivity contribution in [3.63, 3.8) is 0 Å². The Labute approximate surface area is 96.2 Å². The van der Waals surface area contributed by atoms with E-state index in [2.05, 4.69) is 12.1 Å². The zero-order valence-electron chi connectivity index (χ0n) is 9.43. The van der Waals surface area contributed by atoms with Gasteiger partial charge in [0.05, 0.1) is 18.8 Å². The number of aliphatic hydroxyl groups is 1. The Morgan fingerprint density at radius 2 is 2.00 bits per heavy atom. The van der Waals surface area contributed by atoms with Gasteiger partial charge in [-0.05, 0) is 24.3 Å². The minimum atomic E-state index is -0.610. The monoisotopic (exact) mass is 221 g/mol. The quantitative estimate of drug-likeness (QED) is 0.788. The van der Waals surface area contributed by atoms with Crippen LogP contribution >= 0.6 is 0 Å². The molecule has 0 aromatic heterocycles. The summed E-state index contributed by atoms with van der Waals surface area (Å²) >= 11 is 0. The van der Waals surface area contributed by atoms with Crippen LogP contribution in [0.3, 0.4) is 0 Å². The molecule has 0 aliphatic heterocycles. The Morgan fingerprint density at radius 1 is 1.31 bits per heavy atom. The summed E-state index contributed by atoms with van der Waals surface area (Å²) < 4.78 is 5.61. The molecule has 0 bridgehead atoms. The minimum absolute atomic E-state index is 0.363. The van der Waals surface area contributed by atoms with Crippen LogP contribution in [0.2, 0.25) is 0 Å². The maximum Gasteiger partial charge on any atom is 0.0776 e. The number of benzene rings is 1. The molecule has 88 valence electrons. The largest absolute Gasteiger partial charge is 0.389 e. The molecule has 0 spiro atoms. The van der Waals surface area contributed by atoms with Crippen molar-refractivity contribution in [3.05, 3.63) is 35.9 Å². The van der Waals surface area contributed by atoms with Crippen LogP contribution < -0.4 is 5.73 Å². The van der Waals surface area contributed by atoms with Gasteiger partial charge in [-0.1, -0.05) is 30.3 Å². The second-order valence-electron chi connectivity index (χ2n) is 4.70. The van der Waals surface area contributed by atoms with Gasteiger partial charge < -0.3 is 15.6 Å². The first kappa shape index (κ1) is 11.6. The summed E-state index contributed by atoms with van der Waals surface area (Å²) in [7, 11) is 0. The highest BCUT2D eigenvalue weighted by molar-refractivity contribution is 5.13. The first-order valence-electron chi connectivity index (χ1n) is 5.76. The van der Waals surface area contributed by atoms with Gasteiger partial charge in [0.2, 0.25) is 0 Å². The van der Waals surface area contributed by atoms with Crippen LogP contribution in [-0.2, 0) is 11.3 Å². The minimum Gasteiger partial charge on any atom is -0.389 e. The molecule has 1 fully saturated rings. The van der Waals surface area contributed by atoms with Gasteiger partial charge in [-0.3, -0.25) is 0 Å². The molecule has 1 aliphatic rings. The van der Waals surface area contributed by atoms with E-state index in [1.807, 2.05) is 18.2 Å². The predicted molar refractivity (Wildman–Crippen MR) is 62.8 cm³/mol. The average molecular weight is 221 g/mol. The van der Waals surface area contributed by atoms with E-state index in [9.17, 15) is 5.11 Å². The van der Waals surface area contributed by atoms with Gasteiger partial charge in [0.25, 0.3) is 0 Å². The summed E-state index contributed by atoms with van der Waals surface area (Å²) in [5, 5.41) is 9.72. The third kappa shape index (κ3) is 2.82. The number of ether oxygens (including phenoxy) is 1. The van der Waals surface area contributed by atoms with E-state index >= 15 is 0 Å². The average Bonchev–Trinajstić information content (AvgIpc) is 2.28. The van der Waals surface area contributed by atoms with Crippen molar-refractivity contribution in [3.8, 4) is 0 Å². The first-order chi connectivity index (χ1) is 7.72. The fourth-order valence-electron chi connectivity index (χ4n) is 2.22. The molecule has 0 radical (unpaired) electrons. The number of nitrogens with two attached hydrogens (primary N) is 1. The Balaban J connectivity index is 1.64. The molecule has 0 saturated heterocycles. The van der Waals surface area contributed by atoms with E-state index in [0.717, 1.165) is 19.4 Å². The molecular formula is C13H19NO2. The SMILES string of the molecule is NCC1(O)CC(COCc2ccccc2)C1. The maximum absolute atomic E-state index is 9.72. The number of hydrogen-bond acceptors (Lipinski definition) is 3. The zero-order valence-corrected chi connectivity index (χ0v) is 9.43. The number of hydrogen-bond donors (Lipinski definition) is 2. The van der Waals surface area contributed by atoms with Crippen LogP contribution in [0.5, 0.6) is 0 Å². The topological polar surface area (TPSA) is 55.5 Å². The fourth-order valence-corrected chi connectivity index (χ4v) is 2.22. The highest BCUT2D eigenvalue weighted by Gasteiger charge is 2.41. The standard InChI is InChI=1S/C13H19NO2/c14-10-13(15)6-12(7-13)9-16-8-11-4-2-1-3-5-11/h1-5,12,15H,6-10,14H2. The van der Waals surface area contributed by atoms with E-state index in [-0.39, 0.29) is 0 Å². The van der Waals surface area contributed by atoms with Crippen LogP contribution in [0.4, 0.5) is 0 Å². The molecule has 16 heavy (non-hydrogen) atoms. The lowest BCUT2D eigenvalue weighted by atomic mass is 9.71. The normalized spacial score (nSPS) is 28.8. The molecular weight excluding hydrogens is 202 g/mol. The van der Waals surface area contributed by atoms with Crippen molar-refractivity contribution in [1.29, 1.82) is 0 Å². The lowest BCUT2D eigenvalue weighted by Gasteiger charge is -2.42. The summed E-state index contributed by atoms with van der Waals surface area (Å²) in [5.74, 6) is 0.470. The second-order valence-corrected chi connectivity index (χ2v) is 4.70. The molecule has 2 rings (SSSR count). The van der Waals surface area contributed by atoms with E-state index in [1.54, 1.807) is 0 Å². The highest BCUT2D eigenvalue weighted by Crippen LogP contribution is 2.37. The molecule has 0 unspecified atom stereocenters. The van der Waals surface area contributed by atoms with Gasteiger partial charge in [-0.25, -0.2) is 0 Å². The van der Waals surface area contributed by atoms with Crippen molar-refractivity contribution in [2.75, 3.05) is 13.2 Å². The molecule has 1 saturated carbocycles. The molecule has 3 heteroatoms. The summed E-state index contributed by atoms with van der Waals surface area (Å²) in [6.45, 7) is 1.73. The molecule has 0 atom stereocenters. The third-order valence-electron chi connectivity index (χ3n) is 3.18. The molecule has 0 heterocycles. The zero-order chi connectivity index (χ0) is 11.4. The van der Waals surface area contributed by atoms with Crippen molar-refractivity contribution < 1.29 is 9.84 Å². The number of rotatable bonds is 5. The lowest BCUT2D eigenvalue weighted by molar-refractivity contribution is -0.0912. The molecule has 0 amide bonds. The Morgan fingerprint density at radius 3 is 2.62 bits per heavy atom. The van der Waals surface area contributed by atoms with Crippen LogP contribution in [-0.4, -0.2) is 23.9 Å². The van der Waals surface area contributed by atoms with Gasteiger partial charge in [0, 0.05) is 6.54 Å². The maximum atomic E-state index is 9.72. The summed E-state index contributed by atoms with van der Waals surface area (Å²) in [4.78, 5) is 0.